The Hall–Kier alpha value is -4.57. The Balaban J connectivity index is 1.58. The molecule has 0 aromatic heterocycles. The summed E-state index contributed by atoms with van der Waals surface area (Å²) in [5, 5.41) is 24.3. The molecule has 2 heterocycles. The van der Waals surface area contributed by atoms with E-state index < -0.39 is 66.0 Å². The minimum Gasteiger partial charge on any atom is -0.534 e. The van der Waals surface area contributed by atoms with Crippen LogP contribution in [0.2, 0.25) is 0 Å². The normalized spacial score (nSPS) is 17.6. The molecule has 4 rings (SSSR count). The van der Waals surface area contributed by atoms with Gasteiger partial charge in [0.15, 0.2) is 0 Å². The van der Waals surface area contributed by atoms with E-state index in [1.807, 2.05) is 0 Å². The second kappa shape index (κ2) is 11.7. The van der Waals surface area contributed by atoms with Gasteiger partial charge in [-0.1, -0.05) is 18.2 Å². The number of piperazine rings is 1. The third-order valence-corrected chi connectivity index (χ3v) is 6.45. The van der Waals surface area contributed by atoms with E-state index in [1.54, 1.807) is 0 Å². The molecule has 1 unspecified atom stereocenters. The molecule has 2 aliphatic rings. The molecule has 2 aromatic carbocycles. The average Bonchev–Trinajstić information content (AvgIpc) is 2.90. The number of carboxylic acids is 1. The van der Waals surface area contributed by atoms with Gasteiger partial charge in [-0.15, -0.1) is 0 Å². The molecule has 1 saturated heterocycles. The van der Waals surface area contributed by atoms with Crippen molar-refractivity contribution >= 4 is 36.8 Å². The van der Waals surface area contributed by atoms with Crippen LogP contribution in [0.1, 0.15) is 27.5 Å². The summed E-state index contributed by atoms with van der Waals surface area (Å²) in [6.45, 7) is -0.140. The highest BCUT2D eigenvalue weighted by molar-refractivity contribution is 6.47. The van der Waals surface area contributed by atoms with E-state index in [0.29, 0.717) is 10.5 Å². The molecule has 0 radical (unpaired) electrons. The van der Waals surface area contributed by atoms with Crippen molar-refractivity contribution in [2.45, 2.75) is 18.4 Å². The minimum absolute atomic E-state index is 0.0382. The average molecular weight is 559 g/mol. The van der Waals surface area contributed by atoms with Crippen molar-refractivity contribution in [2.75, 3.05) is 26.2 Å². The Morgan fingerprint density at radius 3 is 2.42 bits per heavy atom. The van der Waals surface area contributed by atoms with Crippen LogP contribution < -0.4 is 21.0 Å². The van der Waals surface area contributed by atoms with E-state index in [1.165, 1.54) is 18.2 Å². The van der Waals surface area contributed by atoms with E-state index in [-0.39, 0.29) is 43.9 Å². The van der Waals surface area contributed by atoms with E-state index in [9.17, 15) is 42.9 Å². The Labute approximate surface area is 226 Å². The van der Waals surface area contributed by atoms with Gasteiger partial charge >= 0.3 is 30.9 Å². The van der Waals surface area contributed by atoms with Crippen molar-refractivity contribution in [3.8, 4) is 5.75 Å². The number of benzene rings is 2. The zero-order valence-electron chi connectivity index (χ0n) is 20.8. The summed E-state index contributed by atoms with van der Waals surface area (Å²) < 4.78 is 34.8. The highest BCUT2D eigenvalue weighted by Gasteiger charge is 2.42. The lowest BCUT2D eigenvalue weighted by Crippen LogP contribution is -2.60. The molecule has 2 aliphatic heterocycles. The Morgan fingerprint density at radius 2 is 1.77 bits per heavy atom. The molecule has 16 heteroatoms. The minimum atomic E-state index is -2.04. The number of nitrogens with one attached hydrogen (secondary N) is 2. The number of hydrogen-bond donors (Lipinski definition) is 5. The van der Waals surface area contributed by atoms with Crippen LogP contribution in [-0.4, -0.2) is 88.9 Å². The predicted molar refractivity (Wildman–Crippen MR) is 133 cm³/mol. The van der Waals surface area contributed by atoms with Crippen LogP contribution in [0, 0.1) is 11.6 Å². The smallest absolute Gasteiger partial charge is 0.534 e. The number of carbonyl (C=O) groups is 5. The first-order chi connectivity index (χ1) is 19.0. The number of halogens is 2. The molecule has 5 amide bonds. The summed E-state index contributed by atoms with van der Waals surface area (Å²) in [6.07, 6.45) is -0.125. The highest BCUT2D eigenvalue weighted by atomic mass is 19.1. The zero-order chi connectivity index (χ0) is 29.1. The van der Waals surface area contributed by atoms with Gasteiger partial charge in [-0.05, 0) is 30.2 Å². The van der Waals surface area contributed by atoms with Gasteiger partial charge in [0.05, 0.1) is 17.1 Å². The third-order valence-electron chi connectivity index (χ3n) is 6.45. The summed E-state index contributed by atoms with van der Waals surface area (Å²) in [6, 6.07) is 3.66. The van der Waals surface area contributed by atoms with Crippen molar-refractivity contribution in [3.63, 3.8) is 0 Å². The molecule has 0 aliphatic carbocycles. The number of urea groups is 1. The van der Waals surface area contributed by atoms with Crippen LogP contribution in [0.15, 0.2) is 36.4 Å². The number of rotatable bonds is 7. The van der Waals surface area contributed by atoms with Crippen LogP contribution in [-0.2, 0) is 20.8 Å². The van der Waals surface area contributed by atoms with E-state index in [4.69, 9.17) is 10.4 Å². The third kappa shape index (κ3) is 5.57. The van der Waals surface area contributed by atoms with Gasteiger partial charge < -0.3 is 36.1 Å². The first-order valence-corrected chi connectivity index (χ1v) is 12.1. The molecular weight excluding hydrogens is 535 g/mol. The summed E-state index contributed by atoms with van der Waals surface area (Å²) in [7, 11) is -1.76. The molecule has 0 bridgehead atoms. The van der Waals surface area contributed by atoms with Crippen LogP contribution in [0.5, 0.6) is 5.75 Å². The van der Waals surface area contributed by atoms with Gasteiger partial charge in [-0.25, -0.2) is 18.4 Å². The zero-order valence-corrected chi connectivity index (χ0v) is 20.8. The van der Waals surface area contributed by atoms with Crippen molar-refractivity contribution in [3.05, 3.63) is 64.7 Å². The summed E-state index contributed by atoms with van der Waals surface area (Å²) in [4.78, 5) is 64.3. The summed E-state index contributed by atoms with van der Waals surface area (Å²) in [5.74, 6) is -8.40. The monoisotopic (exact) mass is 559 g/mol. The maximum Gasteiger partial charge on any atom is 0.547 e. The molecular formula is C24H24BF2N5O8. The fraction of sp³-hybridized carbons (Fsp3) is 0.292. The Kier molecular flexibility index (Phi) is 8.30. The summed E-state index contributed by atoms with van der Waals surface area (Å²) >= 11 is 0. The number of nitrogens with two attached hydrogens (primary N) is 1. The van der Waals surface area contributed by atoms with Crippen molar-refractivity contribution in [2.24, 2.45) is 5.73 Å². The van der Waals surface area contributed by atoms with Gasteiger partial charge in [0.1, 0.15) is 23.4 Å². The maximum atomic E-state index is 14.7. The second-order valence-electron chi connectivity index (χ2n) is 8.98. The second-order valence-corrected chi connectivity index (χ2v) is 8.98. The fourth-order valence-electron chi connectivity index (χ4n) is 4.48. The number of carbonyl (C=O) groups excluding carboxylic acids is 4. The topological polar surface area (TPSA) is 192 Å². The lowest BCUT2D eigenvalue weighted by molar-refractivity contribution is -0.153. The lowest BCUT2D eigenvalue weighted by Gasteiger charge is -2.33. The molecule has 2 aromatic rings. The predicted octanol–water partition coefficient (Wildman–Crippen LogP) is -0.817. The van der Waals surface area contributed by atoms with Gasteiger partial charge in [0.25, 0.3) is 0 Å². The number of amides is 5. The number of para-hydroxylation sites is 1. The molecule has 40 heavy (non-hydrogen) atoms. The number of carboxylic acid groups (broad SMARTS) is 1. The van der Waals surface area contributed by atoms with Crippen LogP contribution in [0.4, 0.5) is 13.6 Å². The molecule has 0 saturated carbocycles. The number of hydrogen-bond acceptors (Lipinski definition) is 8. The van der Waals surface area contributed by atoms with Crippen molar-refractivity contribution < 1.29 is 47.5 Å². The van der Waals surface area contributed by atoms with Gasteiger partial charge in [-0.2, -0.15) is 0 Å². The van der Waals surface area contributed by atoms with Crippen molar-refractivity contribution in [1.29, 1.82) is 0 Å². The maximum absolute atomic E-state index is 14.7. The fourth-order valence-corrected chi connectivity index (χ4v) is 4.48. The first kappa shape index (κ1) is 28.4. The van der Waals surface area contributed by atoms with Gasteiger partial charge in [-0.3, -0.25) is 19.3 Å². The molecule has 2 atom stereocenters. The molecule has 1 fully saturated rings. The molecule has 13 nitrogen and oxygen atoms in total. The number of fused-ring (bicyclic) bond motifs is 1. The Bertz CT molecular complexity index is 1360. The molecule has 6 N–H and O–H groups in total. The van der Waals surface area contributed by atoms with Crippen LogP contribution >= 0.6 is 0 Å². The SMILES string of the molecule is NCCN1CCN(C(=O)NC(C(=O)N[C@H]2Cc3cccc(C(=O)O)c3OB2O)c2c(F)cccc2F)C(=O)C1=O. The number of aromatic carboxylic acids is 1. The van der Waals surface area contributed by atoms with E-state index in [0.717, 1.165) is 23.1 Å². The Morgan fingerprint density at radius 1 is 1.10 bits per heavy atom. The summed E-state index contributed by atoms with van der Waals surface area (Å²) in [5.41, 5.74) is 4.68. The standard InChI is InChI=1S/C24H24BF2N5O8/c26-14-5-2-6-15(27)17(14)18(30-24(38)32-10-9-31(8-7-28)21(34)22(32)35)20(33)29-16-11-12-3-1-4-13(23(36)37)19(12)40-25(16)39/h1-6,16,18,39H,7-11,28H2,(H,29,33)(H,30,38)(H,36,37)/t16-,18?/m0/s1. The van der Waals surface area contributed by atoms with Gasteiger partial charge in [0, 0.05) is 26.2 Å². The van der Waals surface area contributed by atoms with E-state index >= 15 is 0 Å². The molecule has 0 spiro atoms. The quantitative estimate of drug-likeness (QED) is 0.213. The lowest BCUT2D eigenvalue weighted by atomic mass is 9.72. The van der Waals surface area contributed by atoms with Crippen LogP contribution in [0.25, 0.3) is 0 Å². The number of imide groups is 1. The first-order valence-electron chi connectivity index (χ1n) is 12.1. The number of nitrogens with zero attached hydrogens (tertiary/aromatic N) is 2. The van der Waals surface area contributed by atoms with Crippen LogP contribution in [0.3, 0.4) is 0 Å². The highest BCUT2D eigenvalue weighted by Crippen LogP contribution is 2.30. The van der Waals surface area contributed by atoms with E-state index in [2.05, 4.69) is 10.6 Å². The largest absolute Gasteiger partial charge is 0.547 e. The van der Waals surface area contributed by atoms with Crippen molar-refractivity contribution in [1.82, 2.24) is 20.4 Å². The molecule has 210 valence electrons. The van der Waals surface area contributed by atoms with Gasteiger partial charge in [0.2, 0.25) is 5.91 Å².